The van der Waals surface area contributed by atoms with Crippen LogP contribution in [0.3, 0.4) is 0 Å². The maximum Gasteiger partial charge on any atom is 0.344 e. The molecule has 0 aromatic heterocycles. The Bertz CT molecular complexity index is 1080. The first-order valence-electron chi connectivity index (χ1n) is 9.71. The number of ether oxygens (including phenoxy) is 6. The lowest BCUT2D eigenvalue weighted by Gasteiger charge is -2.14. The smallest absolute Gasteiger partial charge is 0.344 e. The summed E-state index contributed by atoms with van der Waals surface area (Å²) in [6, 6.07) is 6.67. The van der Waals surface area contributed by atoms with Gasteiger partial charge in [-0.3, -0.25) is 4.79 Å². The van der Waals surface area contributed by atoms with E-state index in [-0.39, 0.29) is 24.8 Å². The van der Waals surface area contributed by atoms with E-state index in [0.717, 1.165) is 0 Å². The van der Waals surface area contributed by atoms with Crippen LogP contribution in [-0.2, 0) is 9.53 Å². The van der Waals surface area contributed by atoms with Gasteiger partial charge in [0.2, 0.25) is 11.5 Å². The Kier molecular flexibility index (Phi) is 7.04. The molecule has 1 aliphatic heterocycles. The van der Waals surface area contributed by atoms with Crippen LogP contribution in [0.4, 0.5) is 0 Å². The molecule has 0 bridgehead atoms. The lowest BCUT2D eigenvalue weighted by atomic mass is 10.1. The molecule has 0 saturated heterocycles. The molecule has 0 radical (unpaired) electrons. The van der Waals surface area contributed by atoms with Gasteiger partial charge < -0.3 is 28.4 Å². The van der Waals surface area contributed by atoms with Crippen LogP contribution < -0.4 is 23.7 Å². The summed E-state index contributed by atoms with van der Waals surface area (Å²) < 4.78 is 32.5. The molecular formula is C24H24O8. The second-order valence-electron chi connectivity index (χ2n) is 6.69. The number of hydrogen-bond acceptors (Lipinski definition) is 8. The fraction of sp³-hybridized carbons (Fsp3) is 0.250. The highest BCUT2D eigenvalue weighted by Crippen LogP contribution is 2.43. The Morgan fingerprint density at radius 1 is 1.03 bits per heavy atom. The van der Waals surface area contributed by atoms with Gasteiger partial charge in [-0.15, -0.1) is 0 Å². The van der Waals surface area contributed by atoms with Crippen molar-refractivity contribution in [2.24, 2.45) is 0 Å². The number of hydrogen-bond donors (Lipinski definition) is 0. The highest BCUT2D eigenvalue weighted by Gasteiger charge is 2.31. The molecule has 168 valence electrons. The average molecular weight is 440 g/mol. The predicted octanol–water partition coefficient (Wildman–Crippen LogP) is 3.75. The minimum atomic E-state index is -0.525. The first-order chi connectivity index (χ1) is 15.4. The number of allylic oxidation sites excluding steroid dienone is 1. The van der Waals surface area contributed by atoms with Gasteiger partial charge in [0.1, 0.15) is 18.1 Å². The molecule has 0 fully saturated rings. The summed E-state index contributed by atoms with van der Waals surface area (Å²) in [4.78, 5) is 24.6. The van der Waals surface area contributed by atoms with Crippen molar-refractivity contribution in [3.8, 4) is 28.7 Å². The molecule has 32 heavy (non-hydrogen) atoms. The zero-order valence-electron chi connectivity index (χ0n) is 18.4. The van der Waals surface area contributed by atoms with E-state index < -0.39 is 5.97 Å². The van der Waals surface area contributed by atoms with Crippen LogP contribution in [0.25, 0.3) is 6.08 Å². The molecule has 2 aromatic carbocycles. The van der Waals surface area contributed by atoms with Gasteiger partial charge in [0.05, 0.1) is 26.9 Å². The van der Waals surface area contributed by atoms with Crippen molar-refractivity contribution in [3.63, 3.8) is 0 Å². The SMILES string of the molecule is C=CCOC(=O)COc1ccc2c(c1C)O/C(=C\c1ccc(OC)c(OC)c1OC)C2=O. The van der Waals surface area contributed by atoms with Crippen LogP contribution in [0.15, 0.2) is 42.7 Å². The van der Waals surface area contributed by atoms with Gasteiger partial charge in [0.15, 0.2) is 23.9 Å². The Labute approximate surface area is 185 Å². The maximum atomic E-state index is 12.9. The van der Waals surface area contributed by atoms with Gasteiger partial charge >= 0.3 is 5.97 Å². The van der Waals surface area contributed by atoms with Crippen molar-refractivity contribution in [2.45, 2.75) is 6.92 Å². The molecule has 0 amide bonds. The lowest BCUT2D eigenvalue weighted by Crippen LogP contribution is -2.15. The van der Waals surface area contributed by atoms with Crippen molar-refractivity contribution in [1.82, 2.24) is 0 Å². The van der Waals surface area contributed by atoms with E-state index >= 15 is 0 Å². The van der Waals surface area contributed by atoms with E-state index in [1.54, 1.807) is 37.3 Å². The first-order valence-corrected chi connectivity index (χ1v) is 9.71. The summed E-state index contributed by atoms with van der Waals surface area (Å²) >= 11 is 0. The maximum absolute atomic E-state index is 12.9. The van der Waals surface area contributed by atoms with E-state index in [1.165, 1.54) is 27.4 Å². The number of carbonyl (C=O) groups excluding carboxylic acids is 2. The van der Waals surface area contributed by atoms with Gasteiger partial charge in [0.25, 0.3) is 0 Å². The number of carbonyl (C=O) groups is 2. The largest absolute Gasteiger partial charge is 0.493 e. The van der Waals surface area contributed by atoms with Gasteiger partial charge in [-0.05, 0) is 37.3 Å². The molecule has 0 unspecified atom stereocenters. The molecule has 1 heterocycles. The Morgan fingerprint density at radius 2 is 1.75 bits per heavy atom. The summed E-state index contributed by atoms with van der Waals surface area (Å²) in [6.07, 6.45) is 3.05. The minimum absolute atomic E-state index is 0.108. The van der Waals surface area contributed by atoms with E-state index in [9.17, 15) is 9.59 Å². The second kappa shape index (κ2) is 9.91. The lowest BCUT2D eigenvalue weighted by molar-refractivity contribution is -0.144. The average Bonchev–Trinajstić information content (AvgIpc) is 3.12. The second-order valence-corrected chi connectivity index (χ2v) is 6.69. The molecule has 2 aromatic rings. The van der Waals surface area contributed by atoms with E-state index in [4.69, 9.17) is 28.4 Å². The highest BCUT2D eigenvalue weighted by atomic mass is 16.6. The zero-order chi connectivity index (χ0) is 23.3. The molecule has 8 nitrogen and oxygen atoms in total. The Balaban J connectivity index is 1.88. The molecule has 1 aliphatic rings. The van der Waals surface area contributed by atoms with Gasteiger partial charge in [0, 0.05) is 11.1 Å². The monoisotopic (exact) mass is 440 g/mol. The molecule has 0 spiro atoms. The topological polar surface area (TPSA) is 89.5 Å². The van der Waals surface area contributed by atoms with E-state index in [2.05, 4.69) is 6.58 Å². The van der Waals surface area contributed by atoms with Crippen LogP contribution in [0.1, 0.15) is 21.5 Å². The fourth-order valence-electron chi connectivity index (χ4n) is 3.23. The molecule has 0 aliphatic carbocycles. The number of rotatable bonds is 9. The number of benzene rings is 2. The quantitative estimate of drug-likeness (QED) is 0.331. The van der Waals surface area contributed by atoms with Crippen LogP contribution >= 0.6 is 0 Å². The molecule has 0 saturated carbocycles. The third-order valence-electron chi connectivity index (χ3n) is 4.77. The molecular weight excluding hydrogens is 416 g/mol. The van der Waals surface area contributed by atoms with Crippen molar-refractivity contribution in [3.05, 3.63) is 59.4 Å². The van der Waals surface area contributed by atoms with E-state index in [1.807, 2.05) is 0 Å². The van der Waals surface area contributed by atoms with Gasteiger partial charge in [-0.25, -0.2) is 4.79 Å². The van der Waals surface area contributed by atoms with Crippen LogP contribution in [-0.4, -0.2) is 46.3 Å². The van der Waals surface area contributed by atoms with Crippen molar-refractivity contribution in [1.29, 1.82) is 0 Å². The number of Topliss-reactive ketones (excluding diaryl/α,β-unsaturated/α-hetero) is 1. The fourth-order valence-corrected chi connectivity index (χ4v) is 3.23. The summed E-state index contributed by atoms with van der Waals surface area (Å²) in [6.45, 7) is 5.07. The Morgan fingerprint density at radius 3 is 2.41 bits per heavy atom. The third-order valence-corrected chi connectivity index (χ3v) is 4.77. The first kappa shape index (κ1) is 22.7. The summed E-state index contributed by atoms with van der Waals surface area (Å²) in [7, 11) is 4.53. The number of esters is 1. The highest BCUT2D eigenvalue weighted by molar-refractivity contribution is 6.15. The summed E-state index contributed by atoms with van der Waals surface area (Å²) in [5, 5.41) is 0. The van der Waals surface area contributed by atoms with E-state index in [0.29, 0.717) is 45.4 Å². The van der Waals surface area contributed by atoms with Crippen LogP contribution in [0, 0.1) is 6.92 Å². The minimum Gasteiger partial charge on any atom is -0.493 e. The van der Waals surface area contributed by atoms with Crippen molar-refractivity contribution >= 4 is 17.8 Å². The van der Waals surface area contributed by atoms with Crippen LogP contribution in [0.2, 0.25) is 0 Å². The number of ketones is 1. The van der Waals surface area contributed by atoms with Crippen molar-refractivity contribution < 1.29 is 38.0 Å². The van der Waals surface area contributed by atoms with Crippen LogP contribution in [0.5, 0.6) is 28.7 Å². The van der Waals surface area contributed by atoms with Gasteiger partial charge in [-0.2, -0.15) is 0 Å². The Hall–Kier alpha value is -3.94. The predicted molar refractivity (Wildman–Crippen MR) is 117 cm³/mol. The molecule has 0 atom stereocenters. The molecule has 0 N–H and O–H groups in total. The van der Waals surface area contributed by atoms with Crippen molar-refractivity contribution in [2.75, 3.05) is 34.5 Å². The normalized spacial score (nSPS) is 13.2. The molecule has 3 rings (SSSR count). The summed E-state index contributed by atoms with van der Waals surface area (Å²) in [5.74, 6) is 1.41. The van der Waals surface area contributed by atoms with Gasteiger partial charge in [-0.1, -0.05) is 12.7 Å². The number of fused-ring (bicyclic) bond motifs is 1. The molecule has 8 heteroatoms. The standard InChI is InChI=1S/C24H24O8/c1-6-11-30-20(25)13-31-17-10-8-16-21(26)19(32-22(16)14(17)2)12-15-7-9-18(27-3)24(29-5)23(15)28-4/h6-10,12H,1,11,13H2,2-5H3/b19-12-. The summed E-state index contributed by atoms with van der Waals surface area (Å²) in [5.41, 5.74) is 1.57. The third kappa shape index (κ3) is 4.39. The number of methoxy groups -OCH3 is 3. The zero-order valence-corrected chi connectivity index (χ0v) is 18.4.